The molecule has 0 aliphatic carbocycles. The first-order valence-corrected chi connectivity index (χ1v) is 9.24. The van der Waals surface area contributed by atoms with Crippen LogP contribution in [0.4, 0.5) is 0 Å². The van der Waals surface area contributed by atoms with Gasteiger partial charge in [0.2, 0.25) is 0 Å². The van der Waals surface area contributed by atoms with Crippen molar-refractivity contribution < 1.29 is 4.79 Å². The van der Waals surface area contributed by atoms with Crippen molar-refractivity contribution in [2.45, 2.75) is 31.7 Å². The van der Waals surface area contributed by atoms with E-state index in [1.807, 2.05) is 16.8 Å². The van der Waals surface area contributed by atoms with Gasteiger partial charge < -0.3 is 10.6 Å². The van der Waals surface area contributed by atoms with Crippen molar-refractivity contribution in [2.75, 3.05) is 19.6 Å². The molecule has 1 aromatic heterocycles. The molecule has 1 saturated heterocycles. The van der Waals surface area contributed by atoms with E-state index in [1.54, 1.807) is 12.3 Å². The number of nitrogens with zero attached hydrogens (tertiary/aromatic N) is 3. The molecule has 142 valence electrons. The summed E-state index contributed by atoms with van der Waals surface area (Å²) in [5, 5.41) is 15.6. The maximum atomic E-state index is 12.2. The number of halogens is 3. The van der Waals surface area contributed by atoms with Gasteiger partial charge in [-0.15, -0.1) is 17.5 Å². The third-order valence-electron chi connectivity index (χ3n) is 4.35. The molecule has 1 aliphatic heterocycles. The predicted molar refractivity (Wildman–Crippen MR) is 106 cm³/mol. The molecule has 2 heterocycles. The molecule has 1 fully saturated rings. The minimum absolute atomic E-state index is 0. The standard InChI is InChI=1S/C17H21Cl2N5O.ClH/c18-13-4-3-12(15(19)10-13)2-1-7-21-17(25)16-11-24(23-22-16)14-5-8-20-9-6-14;/h3-4,10-11,14,20H,1-2,5-9H2,(H,21,25);1H. The maximum Gasteiger partial charge on any atom is 0.273 e. The number of aryl methyl sites for hydroxylation is 1. The van der Waals surface area contributed by atoms with Crippen LogP contribution in [0.1, 0.15) is 41.4 Å². The lowest BCUT2D eigenvalue weighted by molar-refractivity contribution is 0.0948. The van der Waals surface area contributed by atoms with Crippen LogP contribution in [0.15, 0.2) is 24.4 Å². The van der Waals surface area contributed by atoms with E-state index in [-0.39, 0.29) is 18.3 Å². The van der Waals surface area contributed by atoms with Crippen molar-refractivity contribution in [3.63, 3.8) is 0 Å². The second-order valence-corrected chi connectivity index (χ2v) is 7.00. The molecule has 0 saturated carbocycles. The predicted octanol–water partition coefficient (Wildman–Crippen LogP) is 3.29. The molecular weight excluding hydrogens is 397 g/mol. The highest BCUT2D eigenvalue weighted by atomic mass is 35.5. The molecule has 1 amide bonds. The second kappa shape index (κ2) is 10.1. The van der Waals surface area contributed by atoms with Gasteiger partial charge in [0.25, 0.3) is 5.91 Å². The molecule has 0 spiro atoms. The van der Waals surface area contributed by atoms with Crippen molar-refractivity contribution in [1.29, 1.82) is 0 Å². The smallest absolute Gasteiger partial charge is 0.273 e. The van der Waals surface area contributed by atoms with Gasteiger partial charge >= 0.3 is 0 Å². The van der Waals surface area contributed by atoms with Crippen LogP contribution in [0.3, 0.4) is 0 Å². The van der Waals surface area contributed by atoms with Crippen molar-refractivity contribution in [2.24, 2.45) is 0 Å². The summed E-state index contributed by atoms with van der Waals surface area (Å²) in [5.41, 5.74) is 1.39. The van der Waals surface area contributed by atoms with Crippen LogP contribution in [0, 0.1) is 0 Å². The molecule has 9 heteroatoms. The Labute approximate surface area is 169 Å². The van der Waals surface area contributed by atoms with E-state index < -0.39 is 0 Å². The van der Waals surface area contributed by atoms with Crippen LogP contribution < -0.4 is 10.6 Å². The van der Waals surface area contributed by atoms with E-state index in [9.17, 15) is 4.79 Å². The highest BCUT2D eigenvalue weighted by Crippen LogP contribution is 2.22. The molecule has 0 bridgehead atoms. The monoisotopic (exact) mass is 417 g/mol. The molecule has 26 heavy (non-hydrogen) atoms. The van der Waals surface area contributed by atoms with Gasteiger partial charge in [-0.1, -0.05) is 34.5 Å². The Morgan fingerprint density at radius 1 is 1.31 bits per heavy atom. The van der Waals surface area contributed by atoms with Gasteiger partial charge in [0.15, 0.2) is 5.69 Å². The van der Waals surface area contributed by atoms with E-state index >= 15 is 0 Å². The SMILES string of the molecule is Cl.O=C(NCCCc1ccc(Cl)cc1Cl)c1cn(C2CCNCC2)nn1. The van der Waals surface area contributed by atoms with Gasteiger partial charge in [0.1, 0.15) is 0 Å². The van der Waals surface area contributed by atoms with Gasteiger partial charge in [-0.2, -0.15) is 0 Å². The third kappa shape index (κ3) is 5.58. The Balaban J connectivity index is 0.00000243. The molecular formula is C17H22Cl3N5O. The van der Waals surface area contributed by atoms with E-state index in [0.717, 1.165) is 44.3 Å². The molecule has 0 atom stereocenters. The minimum Gasteiger partial charge on any atom is -0.351 e. The molecule has 3 rings (SSSR count). The number of aromatic nitrogens is 3. The molecule has 2 aromatic rings. The fourth-order valence-corrected chi connectivity index (χ4v) is 3.43. The first kappa shape index (κ1) is 21.0. The van der Waals surface area contributed by atoms with Crippen molar-refractivity contribution >= 4 is 41.5 Å². The zero-order valence-electron chi connectivity index (χ0n) is 14.3. The Morgan fingerprint density at radius 3 is 2.81 bits per heavy atom. The average molecular weight is 419 g/mol. The maximum absolute atomic E-state index is 12.2. The van der Waals surface area contributed by atoms with Gasteiger partial charge in [0, 0.05) is 16.6 Å². The molecule has 1 aliphatic rings. The van der Waals surface area contributed by atoms with Crippen LogP contribution in [0.2, 0.25) is 10.0 Å². The van der Waals surface area contributed by atoms with Crippen LogP contribution in [0.5, 0.6) is 0 Å². The summed E-state index contributed by atoms with van der Waals surface area (Å²) in [6.45, 7) is 2.50. The van der Waals surface area contributed by atoms with Gasteiger partial charge in [-0.25, -0.2) is 4.68 Å². The number of amides is 1. The van der Waals surface area contributed by atoms with Crippen LogP contribution in [-0.2, 0) is 6.42 Å². The number of hydrogen-bond donors (Lipinski definition) is 2. The van der Waals surface area contributed by atoms with Crippen LogP contribution >= 0.6 is 35.6 Å². The topological polar surface area (TPSA) is 71.8 Å². The number of hydrogen-bond acceptors (Lipinski definition) is 4. The lowest BCUT2D eigenvalue weighted by Gasteiger charge is -2.22. The number of rotatable bonds is 6. The van der Waals surface area contributed by atoms with Crippen LogP contribution in [-0.4, -0.2) is 40.5 Å². The molecule has 0 unspecified atom stereocenters. The normalized spacial score (nSPS) is 14.7. The van der Waals surface area contributed by atoms with Crippen molar-refractivity contribution in [1.82, 2.24) is 25.6 Å². The second-order valence-electron chi connectivity index (χ2n) is 6.16. The molecule has 6 nitrogen and oxygen atoms in total. The lowest BCUT2D eigenvalue weighted by atomic mass is 10.1. The number of nitrogens with one attached hydrogen (secondary N) is 2. The Morgan fingerprint density at radius 2 is 2.08 bits per heavy atom. The van der Waals surface area contributed by atoms with Crippen molar-refractivity contribution in [3.8, 4) is 0 Å². The van der Waals surface area contributed by atoms with Gasteiger partial charge in [-0.05, 0) is 56.5 Å². The van der Waals surface area contributed by atoms with Crippen molar-refractivity contribution in [3.05, 3.63) is 45.7 Å². The van der Waals surface area contributed by atoms with Gasteiger partial charge in [-0.3, -0.25) is 4.79 Å². The zero-order chi connectivity index (χ0) is 17.6. The lowest BCUT2D eigenvalue weighted by Crippen LogP contribution is -2.29. The molecule has 1 aromatic carbocycles. The van der Waals surface area contributed by atoms with E-state index in [1.165, 1.54) is 0 Å². The fourth-order valence-electron chi connectivity index (χ4n) is 2.93. The number of piperidine rings is 1. The third-order valence-corrected chi connectivity index (χ3v) is 4.94. The first-order valence-electron chi connectivity index (χ1n) is 8.48. The number of carbonyl (C=O) groups excluding carboxylic acids is 1. The van der Waals surface area contributed by atoms with E-state index in [4.69, 9.17) is 23.2 Å². The summed E-state index contributed by atoms with van der Waals surface area (Å²) in [6, 6.07) is 5.79. The summed E-state index contributed by atoms with van der Waals surface area (Å²) in [5.74, 6) is -0.192. The zero-order valence-corrected chi connectivity index (χ0v) is 16.6. The largest absolute Gasteiger partial charge is 0.351 e. The minimum atomic E-state index is -0.192. The highest BCUT2D eigenvalue weighted by Gasteiger charge is 2.18. The summed E-state index contributed by atoms with van der Waals surface area (Å²) in [4.78, 5) is 12.2. The Hall–Kier alpha value is -1.34. The summed E-state index contributed by atoms with van der Waals surface area (Å²) in [7, 11) is 0. The highest BCUT2D eigenvalue weighted by molar-refractivity contribution is 6.35. The van der Waals surface area contributed by atoms with Crippen LogP contribution in [0.25, 0.3) is 0 Å². The summed E-state index contributed by atoms with van der Waals surface area (Å²) < 4.78 is 1.81. The number of carbonyl (C=O) groups is 1. The summed E-state index contributed by atoms with van der Waals surface area (Å²) >= 11 is 12.0. The summed E-state index contributed by atoms with van der Waals surface area (Å²) in [6.07, 6.45) is 5.31. The first-order chi connectivity index (χ1) is 12.1. The van der Waals surface area contributed by atoms with Gasteiger partial charge in [0.05, 0.1) is 12.2 Å². The molecule has 0 radical (unpaired) electrons. The number of benzene rings is 1. The quantitative estimate of drug-likeness (QED) is 0.706. The Bertz CT molecular complexity index is 731. The van der Waals surface area contributed by atoms with E-state index in [2.05, 4.69) is 20.9 Å². The average Bonchev–Trinajstić information content (AvgIpc) is 3.11. The Kier molecular flexibility index (Phi) is 8.15. The fraction of sp³-hybridized carbons (Fsp3) is 0.471. The molecule has 2 N–H and O–H groups in total. The van der Waals surface area contributed by atoms with E-state index in [0.29, 0.717) is 28.3 Å².